The lowest BCUT2D eigenvalue weighted by molar-refractivity contribution is -0.151. The van der Waals surface area contributed by atoms with Gasteiger partial charge in [-0.05, 0) is 34.6 Å². The summed E-state index contributed by atoms with van der Waals surface area (Å²) < 4.78 is 29.6. The molecule has 0 amide bonds. The zero-order valence-corrected chi connectivity index (χ0v) is 21.1. The smallest absolute Gasteiger partial charge is 0.329 e. The number of aliphatic carboxylic acids is 1. The van der Waals surface area contributed by atoms with Crippen molar-refractivity contribution in [2.45, 2.75) is 40.2 Å². The SMILES string of the molecule is CC(C)(C)OC(=O)CBr.CCOCCOCCO.CCOCCOCCOCC(=O)O. The zero-order valence-electron chi connectivity index (χ0n) is 19.5. The number of hydrogen-bond donors (Lipinski definition) is 2. The predicted octanol–water partition coefficient (Wildman–Crippen LogP) is 1.90. The van der Waals surface area contributed by atoms with E-state index >= 15 is 0 Å². The van der Waals surface area contributed by atoms with Gasteiger partial charge in [-0.25, -0.2) is 4.79 Å². The van der Waals surface area contributed by atoms with Crippen LogP contribution in [0.1, 0.15) is 34.6 Å². The van der Waals surface area contributed by atoms with Crippen LogP contribution in [0.5, 0.6) is 0 Å². The van der Waals surface area contributed by atoms with Crippen LogP contribution in [0.3, 0.4) is 0 Å². The van der Waals surface area contributed by atoms with E-state index in [1.54, 1.807) is 0 Å². The summed E-state index contributed by atoms with van der Waals surface area (Å²) in [7, 11) is 0. The zero-order chi connectivity index (χ0) is 24.4. The predicted molar refractivity (Wildman–Crippen MR) is 120 cm³/mol. The molecule has 0 rings (SSSR count). The molecule has 0 aliphatic rings. The number of hydrogen-bond acceptors (Lipinski definition) is 9. The summed E-state index contributed by atoms with van der Waals surface area (Å²) in [5.41, 5.74) is -0.356. The van der Waals surface area contributed by atoms with Gasteiger partial charge in [0, 0.05) is 13.2 Å². The number of rotatable bonds is 16. The highest BCUT2D eigenvalue weighted by molar-refractivity contribution is 9.09. The van der Waals surface area contributed by atoms with E-state index < -0.39 is 5.97 Å². The number of carbonyl (C=O) groups excluding carboxylic acids is 1. The number of carboxylic acid groups (broad SMARTS) is 1. The van der Waals surface area contributed by atoms with Gasteiger partial charge in [0.1, 0.15) is 17.5 Å². The molecule has 0 fully saturated rings. The molecule has 0 aliphatic heterocycles. The van der Waals surface area contributed by atoms with E-state index in [1.165, 1.54) is 0 Å². The fourth-order valence-electron chi connectivity index (χ4n) is 1.44. The lowest BCUT2D eigenvalue weighted by Gasteiger charge is -2.18. The fourth-order valence-corrected chi connectivity index (χ4v) is 1.55. The van der Waals surface area contributed by atoms with Crippen LogP contribution < -0.4 is 0 Å². The Balaban J connectivity index is -0.000000390. The van der Waals surface area contributed by atoms with E-state index in [-0.39, 0.29) is 30.1 Å². The number of carboxylic acids is 1. The summed E-state index contributed by atoms with van der Waals surface area (Å²) in [5, 5.41) is 16.7. The normalized spacial score (nSPS) is 10.4. The van der Waals surface area contributed by atoms with Crippen molar-refractivity contribution in [3.8, 4) is 0 Å². The van der Waals surface area contributed by atoms with E-state index in [9.17, 15) is 9.59 Å². The lowest BCUT2D eigenvalue weighted by Crippen LogP contribution is -2.24. The number of aliphatic hydroxyl groups excluding tert-OH is 1. The van der Waals surface area contributed by atoms with Gasteiger partial charge in [0.05, 0.1) is 52.9 Å². The molecule has 0 saturated carbocycles. The van der Waals surface area contributed by atoms with Crippen molar-refractivity contribution in [2.75, 3.05) is 78.0 Å². The molecule has 0 aromatic heterocycles. The van der Waals surface area contributed by atoms with Crippen molar-refractivity contribution in [3.05, 3.63) is 0 Å². The summed E-state index contributed by atoms with van der Waals surface area (Å²) >= 11 is 2.99. The van der Waals surface area contributed by atoms with E-state index in [4.69, 9.17) is 38.6 Å². The molecule has 31 heavy (non-hydrogen) atoms. The maximum Gasteiger partial charge on any atom is 0.329 e. The van der Waals surface area contributed by atoms with Gasteiger partial charge >= 0.3 is 11.9 Å². The Bertz CT molecular complexity index is 383. The van der Waals surface area contributed by atoms with Gasteiger partial charge in [0.2, 0.25) is 0 Å². The maximum absolute atomic E-state index is 10.6. The Labute approximate surface area is 194 Å². The van der Waals surface area contributed by atoms with E-state index in [1.807, 2.05) is 34.6 Å². The molecule has 0 radical (unpaired) electrons. The fraction of sp³-hybridized carbons (Fsp3) is 0.900. The molecule has 2 N–H and O–H groups in total. The highest BCUT2D eigenvalue weighted by Gasteiger charge is 2.14. The second-order valence-corrected chi connectivity index (χ2v) is 7.07. The number of carbonyl (C=O) groups is 2. The molecule has 0 atom stereocenters. The largest absolute Gasteiger partial charge is 0.480 e. The topological polar surface area (TPSA) is 130 Å². The Morgan fingerprint density at radius 3 is 1.52 bits per heavy atom. The van der Waals surface area contributed by atoms with Gasteiger partial charge in [-0.15, -0.1) is 0 Å². The Morgan fingerprint density at radius 2 is 1.19 bits per heavy atom. The summed E-state index contributed by atoms with van der Waals surface area (Å²) in [6.07, 6.45) is 0. The molecule has 0 heterocycles. The first-order valence-electron chi connectivity index (χ1n) is 10.1. The second kappa shape index (κ2) is 27.2. The Kier molecular flexibility index (Phi) is 30.5. The third kappa shape index (κ3) is 43.8. The molecule has 0 aliphatic carbocycles. The van der Waals surface area contributed by atoms with Gasteiger partial charge in [-0.1, -0.05) is 15.9 Å². The molecular weight excluding hydrogens is 480 g/mol. The molecular formula is C20H41BrO10. The monoisotopic (exact) mass is 520 g/mol. The van der Waals surface area contributed by atoms with Gasteiger partial charge in [0.15, 0.2) is 0 Å². The van der Waals surface area contributed by atoms with Crippen LogP contribution in [0.25, 0.3) is 0 Å². The molecule has 0 aromatic rings. The molecule has 11 heteroatoms. The standard InChI is InChI=1S/C8H16O5.C6H11BrO2.C6H14O3/c1-2-11-3-4-12-5-6-13-7-8(9)10;1-6(2,3)9-5(8)4-7;1-2-8-5-6-9-4-3-7/h2-7H2,1H3,(H,9,10);4H2,1-3H3;7H,2-6H2,1H3. The van der Waals surface area contributed by atoms with Crippen LogP contribution in [-0.2, 0) is 38.0 Å². The molecule has 0 bridgehead atoms. The van der Waals surface area contributed by atoms with Crippen LogP contribution in [0.4, 0.5) is 0 Å². The minimum atomic E-state index is -0.964. The second-order valence-electron chi connectivity index (χ2n) is 6.51. The van der Waals surface area contributed by atoms with Crippen LogP contribution in [-0.4, -0.2) is 106 Å². The minimum absolute atomic E-state index is 0.0894. The highest BCUT2D eigenvalue weighted by atomic mass is 79.9. The van der Waals surface area contributed by atoms with Crippen molar-refractivity contribution in [1.29, 1.82) is 0 Å². The van der Waals surface area contributed by atoms with E-state index in [0.717, 1.165) is 6.61 Å². The Hall–Kier alpha value is -0.820. The minimum Gasteiger partial charge on any atom is -0.480 e. The van der Waals surface area contributed by atoms with Crippen molar-refractivity contribution in [2.24, 2.45) is 0 Å². The molecule has 0 aromatic carbocycles. The average Bonchev–Trinajstić information content (AvgIpc) is 2.69. The summed E-state index contributed by atoms with van der Waals surface area (Å²) in [5.74, 6) is -1.18. The van der Waals surface area contributed by atoms with Crippen LogP contribution in [0.2, 0.25) is 0 Å². The first-order chi connectivity index (χ1) is 14.6. The van der Waals surface area contributed by atoms with E-state index in [2.05, 4.69) is 15.9 Å². The molecule has 10 nitrogen and oxygen atoms in total. The number of esters is 1. The third-order valence-electron chi connectivity index (χ3n) is 2.51. The number of alkyl halides is 1. The number of halogens is 1. The number of aliphatic hydroxyl groups is 1. The van der Waals surface area contributed by atoms with Crippen molar-refractivity contribution in [3.63, 3.8) is 0 Å². The van der Waals surface area contributed by atoms with E-state index in [0.29, 0.717) is 52.9 Å². The highest BCUT2D eigenvalue weighted by Crippen LogP contribution is 2.07. The van der Waals surface area contributed by atoms with Gasteiger partial charge in [0.25, 0.3) is 0 Å². The number of ether oxygens (including phenoxy) is 6. The van der Waals surface area contributed by atoms with Crippen molar-refractivity contribution >= 4 is 27.9 Å². The van der Waals surface area contributed by atoms with Crippen molar-refractivity contribution in [1.82, 2.24) is 0 Å². The van der Waals surface area contributed by atoms with Crippen LogP contribution >= 0.6 is 15.9 Å². The Morgan fingerprint density at radius 1 is 0.774 bits per heavy atom. The maximum atomic E-state index is 10.6. The quantitative estimate of drug-likeness (QED) is 0.176. The van der Waals surface area contributed by atoms with Gasteiger partial charge in [-0.3, -0.25) is 4.79 Å². The third-order valence-corrected chi connectivity index (χ3v) is 2.97. The summed E-state index contributed by atoms with van der Waals surface area (Å²) in [6, 6.07) is 0. The average molecular weight is 521 g/mol. The summed E-state index contributed by atoms with van der Waals surface area (Å²) in [4.78, 5) is 20.5. The molecule has 0 unspecified atom stereocenters. The van der Waals surface area contributed by atoms with Gasteiger partial charge in [-0.2, -0.15) is 0 Å². The lowest BCUT2D eigenvalue weighted by atomic mass is 10.2. The first kappa shape index (κ1) is 34.8. The molecule has 0 spiro atoms. The van der Waals surface area contributed by atoms with Crippen molar-refractivity contribution < 1.29 is 48.2 Å². The first-order valence-corrected chi connectivity index (χ1v) is 11.3. The molecule has 0 saturated heterocycles. The molecule has 188 valence electrons. The summed E-state index contributed by atoms with van der Waals surface area (Å²) in [6.45, 7) is 14.0. The van der Waals surface area contributed by atoms with Crippen LogP contribution in [0, 0.1) is 0 Å². The van der Waals surface area contributed by atoms with Crippen LogP contribution in [0.15, 0.2) is 0 Å². The van der Waals surface area contributed by atoms with Gasteiger partial charge < -0.3 is 38.6 Å².